The highest BCUT2D eigenvalue weighted by Gasteiger charge is 2.13. The molecule has 0 saturated heterocycles. The fourth-order valence-corrected chi connectivity index (χ4v) is 2.27. The summed E-state index contributed by atoms with van der Waals surface area (Å²) in [4.78, 5) is 0. The van der Waals surface area contributed by atoms with Crippen molar-refractivity contribution in [3.63, 3.8) is 0 Å². The van der Waals surface area contributed by atoms with Crippen LogP contribution >= 0.6 is 0 Å². The minimum Gasteiger partial charge on any atom is -0.459 e. The van der Waals surface area contributed by atoms with Gasteiger partial charge in [0.2, 0.25) is 0 Å². The van der Waals surface area contributed by atoms with Crippen LogP contribution in [0.3, 0.4) is 0 Å². The molecule has 19 heavy (non-hydrogen) atoms. The Morgan fingerprint density at radius 1 is 1.21 bits per heavy atom. The molecule has 0 aliphatic heterocycles. The Balaban J connectivity index is 2.29. The average molecular weight is 261 g/mol. The van der Waals surface area contributed by atoms with Crippen LogP contribution in [-0.4, -0.2) is 6.54 Å². The predicted octanol–water partition coefficient (Wildman–Crippen LogP) is 4.45. The van der Waals surface area contributed by atoms with E-state index in [0.717, 1.165) is 29.9 Å². The zero-order chi connectivity index (χ0) is 13.8. The number of hydrogen-bond donors (Lipinski definition) is 1. The van der Waals surface area contributed by atoms with Gasteiger partial charge >= 0.3 is 0 Å². The van der Waals surface area contributed by atoms with Crippen molar-refractivity contribution in [2.24, 2.45) is 0 Å². The van der Waals surface area contributed by atoms with E-state index in [4.69, 9.17) is 4.42 Å². The molecule has 1 N–H and O–H groups in total. The lowest BCUT2D eigenvalue weighted by molar-refractivity contribution is 0.417. The number of halogens is 1. The lowest BCUT2D eigenvalue weighted by Gasteiger charge is -2.12. The van der Waals surface area contributed by atoms with Crippen molar-refractivity contribution in [2.45, 2.75) is 33.2 Å². The van der Waals surface area contributed by atoms with E-state index >= 15 is 0 Å². The van der Waals surface area contributed by atoms with Gasteiger partial charge in [0.15, 0.2) is 0 Å². The van der Waals surface area contributed by atoms with E-state index in [1.54, 1.807) is 0 Å². The molecule has 102 valence electrons. The third-order valence-corrected chi connectivity index (χ3v) is 3.16. The lowest BCUT2D eigenvalue weighted by Crippen LogP contribution is -2.19. The maximum absolute atomic E-state index is 13.4. The van der Waals surface area contributed by atoms with Gasteiger partial charge in [-0.2, -0.15) is 0 Å². The highest BCUT2D eigenvalue weighted by molar-refractivity contribution is 5.58. The summed E-state index contributed by atoms with van der Waals surface area (Å²) in [6, 6.07) is 9.04. The van der Waals surface area contributed by atoms with E-state index in [9.17, 15) is 4.39 Å². The van der Waals surface area contributed by atoms with Gasteiger partial charge in [0.05, 0.1) is 6.04 Å². The Bertz CT molecular complexity index is 527. The van der Waals surface area contributed by atoms with Crippen LogP contribution in [0.15, 0.2) is 34.7 Å². The van der Waals surface area contributed by atoms with E-state index in [-0.39, 0.29) is 11.9 Å². The van der Waals surface area contributed by atoms with Gasteiger partial charge < -0.3 is 9.73 Å². The van der Waals surface area contributed by atoms with Crippen LogP contribution in [0.1, 0.15) is 37.6 Å². The molecule has 0 aliphatic carbocycles. The van der Waals surface area contributed by atoms with Crippen LogP contribution in [0.2, 0.25) is 0 Å². The van der Waals surface area contributed by atoms with Crippen LogP contribution in [-0.2, 0) is 0 Å². The molecule has 2 rings (SSSR count). The third-order valence-electron chi connectivity index (χ3n) is 3.16. The Morgan fingerprint density at radius 3 is 2.63 bits per heavy atom. The smallest absolute Gasteiger partial charge is 0.134 e. The van der Waals surface area contributed by atoms with Gasteiger partial charge in [-0.1, -0.05) is 13.8 Å². The Labute approximate surface area is 113 Å². The van der Waals surface area contributed by atoms with Crippen LogP contribution in [0.4, 0.5) is 4.39 Å². The van der Waals surface area contributed by atoms with Gasteiger partial charge in [-0.15, -0.1) is 0 Å². The molecule has 1 heterocycles. The van der Waals surface area contributed by atoms with E-state index in [1.807, 2.05) is 25.1 Å². The largest absolute Gasteiger partial charge is 0.459 e. The van der Waals surface area contributed by atoms with Crippen molar-refractivity contribution in [1.29, 1.82) is 0 Å². The Hall–Kier alpha value is -1.61. The van der Waals surface area contributed by atoms with Crippen molar-refractivity contribution >= 4 is 0 Å². The quantitative estimate of drug-likeness (QED) is 0.860. The van der Waals surface area contributed by atoms with Crippen molar-refractivity contribution in [3.8, 4) is 11.3 Å². The van der Waals surface area contributed by atoms with Crippen molar-refractivity contribution < 1.29 is 8.81 Å². The van der Waals surface area contributed by atoms with E-state index < -0.39 is 0 Å². The van der Waals surface area contributed by atoms with Crippen LogP contribution in [0.25, 0.3) is 11.3 Å². The molecule has 0 spiro atoms. The summed E-state index contributed by atoms with van der Waals surface area (Å²) in [7, 11) is 0. The molecule has 0 bridgehead atoms. The molecule has 3 heteroatoms. The molecule has 1 unspecified atom stereocenters. The molecular formula is C16H20FNO. The molecule has 0 radical (unpaired) electrons. The first-order chi connectivity index (χ1) is 9.13. The first-order valence-electron chi connectivity index (χ1n) is 6.74. The SMILES string of the molecule is CCNC(CC)c1ccc(-c2cc(C)cc(F)c2)o1. The molecule has 1 aromatic heterocycles. The number of rotatable bonds is 5. The second-order valence-corrected chi connectivity index (χ2v) is 4.74. The van der Waals surface area contributed by atoms with Crippen molar-refractivity contribution in [2.75, 3.05) is 6.54 Å². The average Bonchev–Trinajstić information content (AvgIpc) is 2.84. The van der Waals surface area contributed by atoms with E-state index in [0.29, 0.717) is 5.76 Å². The van der Waals surface area contributed by atoms with Crippen LogP contribution in [0, 0.1) is 12.7 Å². The Kier molecular flexibility index (Phi) is 4.38. The fraction of sp³-hybridized carbons (Fsp3) is 0.375. The molecule has 2 aromatic rings. The first-order valence-corrected chi connectivity index (χ1v) is 6.74. The summed E-state index contributed by atoms with van der Waals surface area (Å²) < 4.78 is 19.3. The lowest BCUT2D eigenvalue weighted by atomic mass is 10.1. The number of hydrogen-bond acceptors (Lipinski definition) is 2. The Morgan fingerprint density at radius 2 is 2.00 bits per heavy atom. The highest BCUT2D eigenvalue weighted by Crippen LogP contribution is 2.27. The highest BCUT2D eigenvalue weighted by atomic mass is 19.1. The minimum atomic E-state index is -0.230. The maximum atomic E-state index is 13.4. The van der Waals surface area contributed by atoms with Crippen molar-refractivity contribution in [1.82, 2.24) is 5.32 Å². The third kappa shape index (κ3) is 3.24. The summed E-state index contributed by atoms with van der Waals surface area (Å²) in [6.07, 6.45) is 0.961. The molecule has 1 aromatic carbocycles. The van der Waals surface area contributed by atoms with E-state index in [2.05, 4.69) is 19.2 Å². The van der Waals surface area contributed by atoms with Gasteiger partial charge in [-0.3, -0.25) is 0 Å². The molecule has 0 saturated carbocycles. The summed E-state index contributed by atoms with van der Waals surface area (Å²) in [5, 5.41) is 3.37. The molecular weight excluding hydrogens is 241 g/mol. The van der Waals surface area contributed by atoms with Gasteiger partial charge in [-0.25, -0.2) is 4.39 Å². The van der Waals surface area contributed by atoms with Gasteiger partial charge in [0.1, 0.15) is 17.3 Å². The molecule has 2 nitrogen and oxygen atoms in total. The van der Waals surface area contributed by atoms with Crippen LogP contribution in [0.5, 0.6) is 0 Å². The fourth-order valence-electron chi connectivity index (χ4n) is 2.27. The molecule has 0 fully saturated rings. The summed E-state index contributed by atoms with van der Waals surface area (Å²) in [5.74, 6) is 1.39. The maximum Gasteiger partial charge on any atom is 0.134 e. The number of aryl methyl sites for hydroxylation is 1. The second-order valence-electron chi connectivity index (χ2n) is 4.74. The topological polar surface area (TPSA) is 25.2 Å². The number of benzene rings is 1. The second kappa shape index (κ2) is 6.02. The zero-order valence-electron chi connectivity index (χ0n) is 11.7. The first kappa shape index (κ1) is 13.8. The monoisotopic (exact) mass is 261 g/mol. The van der Waals surface area contributed by atoms with Crippen molar-refractivity contribution in [3.05, 3.63) is 47.5 Å². The zero-order valence-corrected chi connectivity index (χ0v) is 11.7. The minimum absolute atomic E-state index is 0.216. The molecule has 1 atom stereocenters. The number of nitrogens with one attached hydrogen (secondary N) is 1. The predicted molar refractivity (Wildman–Crippen MR) is 75.5 cm³/mol. The summed E-state index contributed by atoms with van der Waals surface area (Å²) >= 11 is 0. The summed E-state index contributed by atoms with van der Waals surface area (Å²) in [6.45, 7) is 6.96. The van der Waals surface area contributed by atoms with Gasteiger partial charge in [0, 0.05) is 5.56 Å². The summed E-state index contributed by atoms with van der Waals surface area (Å²) in [5.41, 5.74) is 1.68. The normalized spacial score (nSPS) is 12.6. The van der Waals surface area contributed by atoms with Gasteiger partial charge in [-0.05, 0) is 55.8 Å². The van der Waals surface area contributed by atoms with E-state index in [1.165, 1.54) is 12.1 Å². The standard InChI is InChI=1S/C16H20FNO/c1-4-14(18-5-2)16-7-6-15(19-16)12-8-11(3)9-13(17)10-12/h6-10,14,18H,4-5H2,1-3H3. The molecule has 0 aliphatic rings. The molecule has 0 amide bonds. The van der Waals surface area contributed by atoms with Crippen LogP contribution < -0.4 is 5.32 Å². The number of furan rings is 1. The van der Waals surface area contributed by atoms with Gasteiger partial charge in [0.25, 0.3) is 0 Å².